The van der Waals surface area contributed by atoms with Crippen LogP contribution in [0.1, 0.15) is 12.0 Å². The van der Waals surface area contributed by atoms with Gasteiger partial charge in [0.15, 0.2) is 5.82 Å². The van der Waals surface area contributed by atoms with Gasteiger partial charge in [0.25, 0.3) is 0 Å². The summed E-state index contributed by atoms with van der Waals surface area (Å²) in [5, 5.41) is 7.61. The Kier molecular flexibility index (Phi) is 3.84. The van der Waals surface area contributed by atoms with Crippen LogP contribution < -0.4 is 10.2 Å². The first-order valence-electron chi connectivity index (χ1n) is 9.51. The highest BCUT2D eigenvalue weighted by molar-refractivity contribution is 6.33. The van der Waals surface area contributed by atoms with Crippen molar-refractivity contribution in [2.45, 2.75) is 18.6 Å². The van der Waals surface area contributed by atoms with E-state index >= 15 is 0 Å². The van der Waals surface area contributed by atoms with E-state index < -0.39 is 11.6 Å². The van der Waals surface area contributed by atoms with Crippen LogP contribution in [0.25, 0.3) is 5.69 Å². The maximum atomic E-state index is 14.5. The zero-order valence-electron chi connectivity index (χ0n) is 15.5. The Hall–Kier alpha value is -3.04. The lowest BCUT2D eigenvalue weighted by Gasteiger charge is -2.28. The van der Waals surface area contributed by atoms with Crippen LogP contribution in [0.2, 0.25) is 5.02 Å². The minimum absolute atomic E-state index is 0.00354. The number of pyridine rings is 1. The number of aliphatic imine (C=N–C) groups is 1. The normalized spacial score (nSPS) is 21.7. The monoisotopic (exact) mass is 428 g/mol. The van der Waals surface area contributed by atoms with Gasteiger partial charge >= 0.3 is 0 Å². The van der Waals surface area contributed by atoms with Gasteiger partial charge in [0, 0.05) is 12.6 Å². The van der Waals surface area contributed by atoms with Gasteiger partial charge in [-0.05, 0) is 18.6 Å². The topological polar surface area (TPSA) is 67.6 Å². The Bertz CT molecular complexity index is 1190. The third-order valence-corrected chi connectivity index (χ3v) is 5.93. The minimum Gasteiger partial charge on any atom is -0.374 e. The Balaban J connectivity index is 1.49. The van der Waals surface area contributed by atoms with Crippen molar-refractivity contribution in [3.8, 4) is 5.69 Å². The predicted octanol–water partition coefficient (Wildman–Crippen LogP) is 3.68. The van der Waals surface area contributed by atoms with Gasteiger partial charge < -0.3 is 15.0 Å². The highest BCUT2D eigenvalue weighted by atomic mass is 35.5. The third-order valence-electron chi connectivity index (χ3n) is 5.66. The highest BCUT2D eigenvalue weighted by Crippen LogP contribution is 2.38. The molecule has 2 saturated heterocycles. The Morgan fingerprint density at radius 3 is 2.77 bits per heavy atom. The van der Waals surface area contributed by atoms with E-state index in [0.29, 0.717) is 24.0 Å². The van der Waals surface area contributed by atoms with E-state index in [4.69, 9.17) is 16.3 Å². The fraction of sp³-hybridized carbons (Fsp3) is 0.250. The number of aromatic nitrogens is 3. The van der Waals surface area contributed by atoms with E-state index in [-0.39, 0.29) is 28.3 Å². The smallest absolute Gasteiger partial charge is 0.176 e. The molecular weight excluding hydrogens is 414 g/mol. The van der Waals surface area contributed by atoms with Gasteiger partial charge in [-0.2, -0.15) is 5.10 Å². The maximum absolute atomic E-state index is 14.5. The van der Waals surface area contributed by atoms with E-state index in [1.165, 1.54) is 24.4 Å². The number of benzene rings is 1. The van der Waals surface area contributed by atoms with Crippen molar-refractivity contribution in [1.29, 1.82) is 0 Å². The number of ether oxygens (including phenoxy) is 1. The molecule has 3 aliphatic heterocycles. The summed E-state index contributed by atoms with van der Waals surface area (Å²) in [4.78, 5) is 11.2. The highest BCUT2D eigenvalue weighted by Gasteiger charge is 2.40. The Labute approximate surface area is 174 Å². The van der Waals surface area contributed by atoms with Crippen molar-refractivity contribution in [3.05, 3.63) is 58.9 Å². The van der Waals surface area contributed by atoms with Gasteiger partial charge in [-0.1, -0.05) is 17.7 Å². The molecule has 10 heteroatoms. The summed E-state index contributed by atoms with van der Waals surface area (Å²) >= 11 is 6.30. The van der Waals surface area contributed by atoms with Crippen LogP contribution in [0, 0.1) is 11.6 Å². The number of hydrogen-bond donors (Lipinski definition) is 1. The maximum Gasteiger partial charge on any atom is 0.176 e. The zero-order chi connectivity index (χ0) is 20.4. The molecule has 6 rings (SSSR count). The fourth-order valence-corrected chi connectivity index (χ4v) is 4.41. The summed E-state index contributed by atoms with van der Waals surface area (Å²) in [5.74, 6) is -0.404. The van der Waals surface area contributed by atoms with Crippen molar-refractivity contribution < 1.29 is 13.5 Å². The van der Waals surface area contributed by atoms with E-state index in [1.54, 1.807) is 10.9 Å². The van der Waals surface area contributed by atoms with Crippen LogP contribution in [0.4, 0.5) is 26.1 Å². The molecule has 2 atom stereocenters. The van der Waals surface area contributed by atoms with Gasteiger partial charge in [0.1, 0.15) is 28.3 Å². The van der Waals surface area contributed by atoms with Gasteiger partial charge in [-0.25, -0.2) is 23.4 Å². The molecule has 7 nitrogen and oxygen atoms in total. The van der Waals surface area contributed by atoms with Crippen LogP contribution in [0.3, 0.4) is 0 Å². The van der Waals surface area contributed by atoms with Crippen LogP contribution >= 0.6 is 11.6 Å². The molecule has 152 valence electrons. The lowest BCUT2D eigenvalue weighted by Crippen LogP contribution is -2.37. The molecule has 2 bridgehead atoms. The summed E-state index contributed by atoms with van der Waals surface area (Å²) in [5.41, 5.74) is 0.882. The number of rotatable bonds is 2. The largest absolute Gasteiger partial charge is 0.374 e. The molecule has 1 aromatic carbocycles. The number of anilines is 2. The average Bonchev–Trinajstić information content (AvgIpc) is 3.42. The second-order valence-electron chi connectivity index (χ2n) is 7.47. The number of nitrogens with one attached hydrogen (secondary N) is 1. The molecule has 2 fully saturated rings. The predicted molar refractivity (Wildman–Crippen MR) is 108 cm³/mol. The van der Waals surface area contributed by atoms with Gasteiger partial charge in [-0.3, -0.25) is 0 Å². The SMILES string of the molecule is Fc1cccc(F)c1C1=Nc2c(Cl)cnn2-c2cc(N3C[C@H]4C[C@@H]3CO4)ncc2N1. The number of halogens is 3. The third kappa shape index (κ3) is 2.62. The van der Waals surface area contributed by atoms with Gasteiger partial charge in [0.05, 0.1) is 48.1 Å². The minimum atomic E-state index is -0.732. The molecule has 0 aliphatic carbocycles. The zero-order valence-corrected chi connectivity index (χ0v) is 16.3. The van der Waals surface area contributed by atoms with Gasteiger partial charge in [0.2, 0.25) is 0 Å². The van der Waals surface area contributed by atoms with Crippen molar-refractivity contribution >= 4 is 34.8 Å². The van der Waals surface area contributed by atoms with Crippen molar-refractivity contribution in [3.63, 3.8) is 0 Å². The first kappa shape index (κ1) is 17.8. The molecule has 3 aromatic rings. The van der Waals surface area contributed by atoms with Crippen LogP contribution in [0.15, 0.2) is 41.7 Å². The number of amidine groups is 1. The fourth-order valence-electron chi connectivity index (χ4n) is 4.25. The van der Waals surface area contributed by atoms with Crippen LogP contribution in [-0.2, 0) is 4.74 Å². The first-order valence-corrected chi connectivity index (χ1v) is 9.88. The summed E-state index contributed by atoms with van der Waals surface area (Å²) in [6.07, 6.45) is 4.28. The number of fused-ring (bicyclic) bond motifs is 5. The quantitative estimate of drug-likeness (QED) is 0.674. The van der Waals surface area contributed by atoms with Crippen molar-refractivity contribution in [2.75, 3.05) is 23.4 Å². The lowest BCUT2D eigenvalue weighted by molar-refractivity contribution is 0.0989. The molecule has 0 amide bonds. The number of nitrogens with zero attached hydrogens (tertiary/aromatic N) is 5. The van der Waals surface area contributed by atoms with Gasteiger partial charge in [-0.15, -0.1) is 0 Å². The second-order valence-corrected chi connectivity index (χ2v) is 7.87. The average molecular weight is 429 g/mol. The van der Waals surface area contributed by atoms with E-state index in [0.717, 1.165) is 18.8 Å². The molecular formula is C20H15ClF2N6O. The summed E-state index contributed by atoms with van der Waals surface area (Å²) in [6, 6.07) is 5.83. The van der Waals surface area contributed by atoms with Crippen molar-refractivity contribution in [2.24, 2.45) is 4.99 Å². The Morgan fingerprint density at radius 2 is 2.03 bits per heavy atom. The van der Waals surface area contributed by atoms with E-state index in [2.05, 4.69) is 25.3 Å². The molecule has 0 saturated carbocycles. The number of hydrogen-bond acceptors (Lipinski definition) is 6. The van der Waals surface area contributed by atoms with Crippen LogP contribution in [0.5, 0.6) is 0 Å². The summed E-state index contributed by atoms with van der Waals surface area (Å²) in [7, 11) is 0. The second kappa shape index (κ2) is 6.48. The molecule has 0 unspecified atom stereocenters. The molecule has 1 N–H and O–H groups in total. The van der Waals surface area contributed by atoms with E-state index in [9.17, 15) is 8.78 Å². The lowest BCUT2D eigenvalue weighted by atomic mass is 10.1. The molecule has 2 aromatic heterocycles. The summed E-state index contributed by atoms with van der Waals surface area (Å²) in [6.45, 7) is 1.46. The number of morpholine rings is 1. The standard InChI is InChI=1S/C20H15ClF2N6O/c21-12-6-25-29-16-5-17(28-8-11-4-10(28)9-30-11)24-7-15(16)26-19(27-20(12)29)18-13(22)2-1-3-14(18)23/h1-3,5-7,10-11H,4,8-9H2,(H,26,27)/t10-,11-/m1/s1. The van der Waals surface area contributed by atoms with Crippen LogP contribution in [-0.4, -0.2) is 45.9 Å². The summed E-state index contributed by atoms with van der Waals surface area (Å²) < 4.78 is 36.1. The molecule has 0 radical (unpaired) electrons. The van der Waals surface area contributed by atoms with Crippen molar-refractivity contribution in [1.82, 2.24) is 14.8 Å². The molecule has 30 heavy (non-hydrogen) atoms. The first-order chi connectivity index (χ1) is 14.6. The molecule has 5 heterocycles. The van der Waals surface area contributed by atoms with E-state index in [1.807, 2.05) is 6.07 Å². The Morgan fingerprint density at radius 1 is 1.20 bits per heavy atom. The molecule has 0 spiro atoms. The molecule has 3 aliphatic rings.